The number of benzene rings is 2. The van der Waals surface area contributed by atoms with E-state index in [1.165, 1.54) is 0 Å². The topological polar surface area (TPSA) is 38.3 Å². The molecule has 0 aliphatic rings. The van der Waals surface area contributed by atoms with Gasteiger partial charge >= 0.3 is 0 Å². The molecule has 1 heterocycles. The van der Waals surface area contributed by atoms with Gasteiger partial charge in [-0.25, -0.2) is 0 Å². The van der Waals surface area contributed by atoms with Crippen molar-refractivity contribution >= 4 is 33.2 Å². The molecule has 1 unspecified atom stereocenters. The highest BCUT2D eigenvalue weighted by Gasteiger charge is 2.18. The largest absolute Gasteiger partial charge is 0.483 e. The molecule has 0 aliphatic heterocycles. The number of rotatable bonds is 6. The van der Waals surface area contributed by atoms with Crippen LogP contribution in [0.25, 0.3) is 0 Å². The maximum atomic E-state index is 12.4. The maximum absolute atomic E-state index is 12.4. The summed E-state index contributed by atoms with van der Waals surface area (Å²) in [7, 11) is 0. The Morgan fingerprint density at radius 3 is 2.64 bits per heavy atom. The Kier molecular flexibility index (Phi) is 5.89. The normalized spacial score (nSPS) is 11.8. The third-order valence-electron chi connectivity index (χ3n) is 3.71. The van der Waals surface area contributed by atoms with E-state index >= 15 is 0 Å². The molecule has 128 valence electrons. The number of aryl methyl sites for hydroxylation is 1. The second-order valence-electron chi connectivity index (χ2n) is 5.65. The zero-order valence-corrected chi connectivity index (χ0v) is 16.1. The molecule has 0 saturated heterocycles. The van der Waals surface area contributed by atoms with E-state index in [1.54, 1.807) is 11.3 Å². The van der Waals surface area contributed by atoms with Crippen molar-refractivity contribution in [3.63, 3.8) is 0 Å². The Morgan fingerprint density at radius 2 is 1.96 bits per heavy atom. The molecule has 1 atom stereocenters. The lowest BCUT2D eigenvalue weighted by Gasteiger charge is -2.18. The molecule has 1 amide bonds. The van der Waals surface area contributed by atoms with Gasteiger partial charge in [-0.3, -0.25) is 4.79 Å². The Morgan fingerprint density at radius 1 is 1.16 bits per heavy atom. The van der Waals surface area contributed by atoms with Gasteiger partial charge in [-0.05, 0) is 57.6 Å². The van der Waals surface area contributed by atoms with Crippen LogP contribution < -0.4 is 10.1 Å². The summed E-state index contributed by atoms with van der Waals surface area (Å²) in [5.41, 5.74) is 2.18. The molecule has 0 fully saturated rings. The van der Waals surface area contributed by atoms with Crippen LogP contribution in [0.5, 0.6) is 5.75 Å². The molecule has 0 saturated carbocycles. The molecule has 0 radical (unpaired) electrons. The number of hydrogen-bond donors (Lipinski definition) is 1. The van der Waals surface area contributed by atoms with Crippen molar-refractivity contribution in [2.75, 3.05) is 6.61 Å². The number of thiophene rings is 1. The van der Waals surface area contributed by atoms with E-state index in [4.69, 9.17) is 4.74 Å². The van der Waals surface area contributed by atoms with Gasteiger partial charge in [0.25, 0.3) is 5.91 Å². The van der Waals surface area contributed by atoms with Crippen molar-refractivity contribution in [1.82, 2.24) is 5.32 Å². The van der Waals surface area contributed by atoms with Gasteiger partial charge in [0.2, 0.25) is 0 Å². The van der Waals surface area contributed by atoms with E-state index in [1.807, 2.05) is 73.0 Å². The molecule has 3 aromatic rings. The van der Waals surface area contributed by atoms with Crippen molar-refractivity contribution in [2.24, 2.45) is 0 Å². The van der Waals surface area contributed by atoms with Crippen LogP contribution in [-0.4, -0.2) is 12.5 Å². The van der Waals surface area contributed by atoms with Gasteiger partial charge < -0.3 is 10.1 Å². The number of ether oxygens (including phenoxy) is 1. The number of hydrogen-bond acceptors (Lipinski definition) is 3. The van der Waals surface area contributed by atoms with E-state index in [9.17, 15) is 4.79 Å². The molecular weight excluding hydrogens is 398 g/mol. The number of carbonyl (C=O) groups is 1. The molecule has 3 nitrogen and oxygen atoms in total. The van der Waals surface area contributed by atoms with Crippen molar-refractivity contribution < 1.29 is 9.53 Å². The summed E-state index contributed by atoms with van der Waals surface area (Å²) < 4.78 is 6.50. The molecule has 3 rings (SSSR count). The van der Waals surface area contributed by atoms with Gasteiger partial charge in [-0.2, -0.15) is 0 Å². The lowest BCUT2D eigenvalue weighted by atomic mass is 10.1. The molecule has 0 spiro atoms. The quantitative estimate of drug-likeness (QED) is 0.607. The predicted octanol–water partition coefficient (Wildman–Crippen LogP) is 5.10. The van der Waals surface area contributed by atoms with Crippen LogP contribution in [0.15, 0.2) is 70.5 Å². The monoisotopic (exact) mass is 415 g/mol. The second kappa shape index (κ2) is 8.32. The Bertz CT molecular complexity index is 834. The Hall–Kier alpha value is -2.11. The second-order valence-corrected chi connectivity index (χ2v) is 7.48. The fourth-order valence-corrected chi connectivity index (χ4v) is 3.90. The van der Waals surface area contributed by atoms with Crippen molar-refractivity contribution in [2.45, 2.75) is 13.0 Å². The van der Waals surface area contributed by atoms with Crippen molar-refractivity contribution in [1.29, 1.82) is 0 Å². The minimum atomic E-state index is -0.168. The highest BCUT2D eigenvalue weighted by atomic mass is 79.9. The average molecular weight is 416 g/mol. The Balaban J connectivity index is 1.68. The highest BCUT2D eigenvalue weighted by Crippen LogP contribution is 2.27. The van der Waals surface area contributed by atoms with E-state index in [0.717, 1.165) is 20.5 Å². The minimum Gasteiger partial charge on any atom is -0.483 e. The number of carbonyl (C=O) groups excluding carboxylic acids is 1. The van der Waals surface area contributed by atoms with E-state index in [0.29, 0.717) is 5.75 Å². The molecule has 1 aromatic heterocycles. The smallest absolute Gasteiger partial charge is 0.258 e. The first-order chi connectivity index (χ1) is 12.1. The predicted molar refractivity (Wildman–Crippen MR) is 105 cm³/mol. The number of amides is 1. The fraction of sp³-hybridized carbons (Fsp3) is 0.150. The first kappa shape index (κ1) is 17.7. The average Bonchev–Trinajstić information content (AvgIpc) is 3.14. The summed E-state index contributed by atoms with van der Waals surface area (Å²) in [5, 5.41) is 5.08. The summed E-state index contributed by atoms with van der Waals surface area (Å²) in [4.78, 5) is 13.5. The van der Waals surface area contributed by atoms with Gasteiger partial charge in [0.15, 0.2) is 6.61 Å². The van der Waals surface area contributed by atoms with Crippen LogP contribution >= 0.6 is 27.3 Å². The van der Waals surface area contributed by atoms with Gasteiger partial charge in [0.05, 0.1) is 10.5 Å². The first-order valence-electron chi connectivity index (χ1n) is 7.90. The van der Waals surface area contributed by atoms with Crippen LogP contribution in [0.1, 0.15) is 22.0 Å². The molecular formula is C20H18BrNO2S. The minimum absolute atomic E-state index is 0.0314. The summed E-state index contributed by atoms with van der Waals surface area (Å²) in [6.07, 6.45) is 0. The lowest BCUT2D eigenvalue weighted by molar-refractivity contribution is -0.123. The van der Waals surface area contributed by atoms with Crippen LogP contribution in [0, 0.1) is 6.92 Å². The van der Waals surface area contributed by atoms with E-state index in [2.05, 4.69) is 21.2 Å². The SMILES string of the molecule is Cc1ccc(OCC(=O)NC(c2ccccc2)c2cccs2)c(Br)c1. The molecule has 0 bridgehead atoms. The third-order valence-corrected chi connectivity index (χ3v) is 5.27. The Labute approximate surface area is 159 Å². The molecule has 2 aromatic carbocycles. The fourth-order valence-electron chi connectivity index (χ4n) is 2.49. The van der Waals surface area contributed by atoms with Crippen LogP contribution in [0.4, 0.5) is 0 Å². The summed E-state index contributed by atoms with van der Waals surface area (Å²) in [6.45, 7) is 1.98. The van der Waals surface area contributed by atoms with Gasteiger partial charge in [-0.1, -0.05) is 42.5 Å². The maximum Gasteiger partial charge on any atom is 0.258 e. The number of nitrogens with one attached hydrogen (secondary N) is 1. The standard InChI is InChI=1S/C20H18BrNO2S/c1-14-9-10-17(16(21)12-14)24-13-19(23)22-20(18-8-5-11-25-18)15-6-3-2-4-7-15/h2-12,20H,13H2,1H3,(H,22,23). The zero-order valence-electron chi connectivity index (χ0n) is 13.7. The lowest BCUT2D eigenvalue weighted by Crippen LogP contribution is -2.32. The van der Waals surface area contributed by atoms with Gasteiger partial charge in [0.1, 0.15) is 5.75 Å². The highest BCUT2D eigenvalue weighted by molar-refractivity contribution is 9.10. The van der Waals surface area contributed by atoms with E-state index in [-0.39, 0.29) is 18.6 Å². The van der Waals surface area contributed by atoms with Crippen LogP contribution in [-0.2, 0) is 4.79 Å². The molecule has 25 heavy (non-hydrogen) atoms. The third kappa shape index (κ3) is 4.71. The molecule has 1 N–H and O–H groups in total. The molecule has 5 heteroatoms. The van der Waals surface area contributed by atoms with Crippen molar-refractivity contribution in [3.8, 4) is 5.75 Å². The van der Waals surface area contributed by atoms with Crippen LogP contribution in [0.2, 0.25) is 0 Å². The first-order valence-corrected chi connectivity index (χ1v) is 9.57. The molecule has 0 aliphatic carbocycles. The summed E-state index contributed by atoms with van der Waals surface area (Å²) >= 11 is 5.08. The van der Waals surface area contributed by atoms with Crippen molar-refractivity contribution in [3.05, 3.63) is 86.5 Å². The van der Waals surface area contributed by atoms with Crippen LogP contribution in [0.3, 0.4) is 0 Å². The van der Waals surface area contributed by atoms with Gasteiger partial charge in [0, 0.05) is 4.88 Å². The van der Waals surface area contributed by atoms with Gasteiger partial charge in [-0.15, -0.1) is 11.3 Å². The van der Waals surface area contributed by atoms with E-state index < -0.39 is 0 Å². The summed E-state index contributed by atoms with van der Waals surface area (Å²) in [5.74, 6) is 0.503. The number of halogens is 1. The summed E-state index contributed by atoms with van der Waals surface area (Å²) in [6, 6.07) is 19.6. The zero-order chi connectivity index (χ0) is 17.6.